The largest absolute Gasteiger partial charge is 0.300 e. The van der Waals surface area contributed by atoms with Gasteiger partial charge in [0.1, 0.15) is 4.60 Å². The molecule has 0 amide bonds. The zero-order chi connectivity index (χ0) is 9.42. The van der Waals surface area contributed by atoms with Crippen LogP contribution < -0.4 is 0 Å². The lowest BCUT2D eigenvalue weighted by molar-refractivity contribution is 0.358. The predicted octanol–water partition coefficient (Wildman–Crippen LogP) is 1.60. The molecule has 0 aliphatic carbocycles. The summed E-state index contributed by atoms with van der Waals surface area (Å²) in [7, 11) is 2.10. The highest BCUT2D eigenvalue weighted by Crippen LogP contribution is 2.20. The third-order valence-electron chi connectivity index (χ3n) is 2.27. The van der Waals surface area contributed by atoms with Crippen molar-refractivity contribution in [3.63, 3.8) is 0 Å². The van der Waals surface area contributed by atoms with E-state index in [-0.39, 0.29) is 0 Å². The number of nitrogens with zero attached hydrogens (tertiary/aromatic N) is 3. The molecule has 4 heteroatoms. The summed E-state index contributed by atoms with van der Waals surface area (Å²) in [6.45, 7) is 6.95. The highest BCUT2D eigenvalue weighted by molar-refractivity contribution is 9.10. The van der Waals surface area contributed by atoms with E-state index in [2.05, 4.69) is 39.6 Å². The third-order valence-corrected chi connectivity index (χ3v) is 2.65. The number of rotatable bonds is 0. The molecule has 2 heterocycles. The number of aromatic nitrogens is 2. The van der Waals surface area contributed by atoms with Crippen LogP contribution in [0, 0.1) is 0 Å². The summed E-state index contributed by atoms with van der Waals surface area (Å²) in [6, 6.07) is 2.03. The van der Waals surface area contributed by atoms with Gasteiger partial charge in [0.25, 0.3) is 0 Å². The SMILES string of the molecule is C=C1CN(C)CCn2nc(Br)cc21. The molecule has 0 aromatic carbocycles. The van der Waals surface area contributed by atoms with Gasteiger partial charge in [-0.1, -0.05) is 6.58 Å². The fraction of sp³-hybridized carbons (Fsp3) is 0.444. The molecule has 0 spiro atoms. The summed E-state index contributed by atoms with van der Waals surface area (Å²) < 4.78 is 2.91. The van der Waals surface area contributed by atoms with E-state index < -0.39 is 0 Å². The van der Waals surface area contributed by atoms with Crippen molar-refractivity contribution in [1.82, 2.24) is 14.7 Å². The van der Waals surface area contributed by atoms with Crippen molar-refractivity contribution in [2.45, 2.75) is 6.54 Å². The van der Waals surface area contributed by atoms with Gasteiger partial charge in [0, 0.05) is 13.1 Å². The van der Waals surface area contributed by atoms with Crippen LogP contribution in [0.25, 0.3) is 5.57 Å². The van der Waals surface area contributed by atoms with Crippen molar-refractivity contribution in [3.8, 4) is 0 Å². The summed E-state index contributed by atoms with van der Waals surface area (Å²) in [5.74, 6) is 0. The molecular formula is C9H12BrN3. The normalized spacial score (nSPS) is 18.5. The summed E-state index contributed by atoms with van der Waals surface area (Å²) in [5.41, 5.74) is 2.29. The minimum Gasteiger partial charge on any atom is -0.300 e. The highest BCUT2D eigenvalue weighted by Gasteiger charge is 2.15. The maximum atomic E-state index is 4.34. The first-order chi connectivity index (χ1) is 6.16. The monoisotopic (exact) mass is 241 g/mol. The van der Waals surface area contributed by atoms with Crippen molar-refractivity contribution < 1.29 is 0 Å². The number of hydrogen-bond donors (Lipinski definition) is 0. The molecule has 70 valence electrons. The molecule has 0 saturated heterocycles. The Morgan fingerprint density at radius 2 is 2.31 bits per heavy atom. The van der Waals surface area contributed by atoms with Crippen LogP contribution in [0.15, 0.2) is 17.2 Å². The number of fused-ring (bicyclic) bond motifs is 1. The molecule has 0 radical (unpaired) electrons. The number of hydrogen-bond acceptors (Lipinski definition) is 2. The second-order valence-corrected chi connectivity index (χ2v) is 4.23. The Balaban J connectivity index is 2.39. The Morgan fingerprint density at radius 1 is 1.54 bits per heavy atom. The zero-order valence-electron chi connectivity index (χ0n) is 7.63. The van der Waals surface area contributed by atoms with E-state index in [4.69, 9.17) is 0 Å². The lowest BCUT2D eigenvalue weighted by atomic mass is 10.2. The molecule has 13 heavy (non-hydrogen) atoms. The Labute approximate surface area is 86.2 Å². The molecule has 1 aliphatic heterocycles. The molecule has 1 aromatic rings. The molecule has 1 aliphatic rings. The first-order valence-corrected chi connectivity index (χ1v) is 5.06. The van der Waals surface area contributed by atoms with Crippen LogP contribution in [0.3, 0.4) is 0 Å². The summed E-state index contributed by atoms with van der Waals surface area (Å²) in [4.78, 5) is 2.25. The molecule has 0 unspecified atom stereocenters. The van der Waals surface area contributed by atoms with Crippen LogP contribution in [-0.2, 0) is 6.54 Å². The Morgan fingerprint density at radius 3 is 3.08 bits per heavy atom. The van der Waals surface area contributed by atoms with E-state index in [0.717, 1.165) is 35.5 Å². The first kappa shape index (κ1) is 8.97. The molecule has 1 aromatic heterocycles. The summed E-state index contributed by atoms with van der Waals surface area (Å²) in [5, 5.41) is 4.34. The van der Waals surface area contributed by atoms with Crippen molar-refractivity contribution in [2.24, 2.45) is 0 Å². The van der Waals surface area contributed by atoms with Crippen molar-refractivity contribution in [3.05, 3.63) is 22.9 Å². The summed E-state index contributed by atoms with van der Waals surface area (Å²) in [6.07, 6.45) is 0. The summed E-state index contributed by atoms with van der Waals surface area (Å²) >= 11 is 3.37. The standard InChI is InChI=1S/C9H12BrN3/c1-7-6-12(2)3-4-13-8(7)5-9(10)11-13/h5H,1,3-4,6H2,2H3. The maximum Gasteiger partial charge on any atom is 0.128 e. The molecule has 0 saturated carbocycles. The van der Waals surface area contributed by atoms with Crippen molar-refractivity contribution >= 4 is 21.5 Å². The zero-order valence-corrected chi connectivity index (χ0v) is 9.21. The Kier molecular flexibility index (Phi) is 2.26. The van der Waals surface area contributed by atoms with Gasteiger partial charge in [-0.15, -0.1) is 0 Å². The lowest BCUT2D eigenvalue weighted by Gasteiger charge is -2.11. The Hall–Kier alpha value is -0.610. The topological polar surface area (TPSA) is 21.1 Å². The molecule has 3 nitrogen and oxygen atoms in total. The average Bonchev–Trinajstić information content (AvgIpc) is 2.38. The van der Waals surface area contributed by atoms with Crippen molar-refractivity contribution in [2.75, 3.05) is 20.1 Å². The molecular weight excluding hydrogens is 230 g/mol. The molecule has 2 rings (SSSR count). The first-order valence-electron chi connectivity index (χ1n) is 4.27. The van der Waals surface area contributed by atoms with Gasteiger partial charge < -0.3 is 4.90 Å². The van der Waals surface area contributed by atoms with Crippen LogP contribution in [0.2, 0.25) is 0 Å². The van der Waals surface area contributed by atoms with E-state index >= 15 is 0 Å². The minimum absolute atomic E-state index is 0.896. The Bertz CT molecular complexity index is 343. The van der Waals surface area contributed by atoms with Crippen LogP contribution in [0.1, 0.15) is 5.69 Å². The molecule has 0 bridgehead atoms. The van der Waals surface area contributed by atoms with E-state index in [9.17, 15) is 0 Å². The van der Waals surface area contributed by atoms with Crippen LogP contribution in [0.4, 0.5) is 0 Å². The fourth-order valence-corrected chi connectivity index (χ4v) is 2.00. The predicted molar refractivity (Wildman–Crippen MR) is 56.5 cm³/mol. The van der Waals surface area contributed by atoms with E-state index in [0.29, 0.717) is 0 Å². The highest BCUT2D eigenvalue weighted by atomic mass is 79.9. The van der Waals surface area contributed by atoms with Gasteiger partial charge in [-0.05, 0) is 34.6 Å². The minimum atomic E-state index is 0.896. The van der Waals surface area contributed by atoms with Crippen LogP contribution in [0.5, 0.6) is 0 Å². The number of likely N-dealkylation sites (N-methyl/N-ethyl adjacent to an activating group) is 1. The third kappa shape index (κ3) is 1.69. The quantitative estimate of drug-likeness (QED) is 0.689. The lowest BCUT2D eigenvalue weighted by Crippen LogP contribution is -2.21. The maximum absolute atomic E-state index is 4.34. The second-order valence-electron chi connectivity index (χ2n) is 3.42. The molecule has 0 fully saturated rings. The fourth-order valence-electron chi connectivity index (χ4n) is 1.59. The van der Waals surface area contributed by atoms with E-state index in [1.807, 2.05) is 10.7 Å². The smallest absolute Gasteiger partial charge is 0.128 e. The van der Waals surface area contributed by atoms with Gasteiger partial charge in [-0.25, -0.2) is 0 Å². The van der Waals surface area contributed by atoms with Gasteiger partial charge in [-0.3, -0.25) is 4.68 Å². The van der Waals surface area contributed by atoms with Gasteiger partial charge in [-0.2, -0.15) is 5.10 Å². The molecule has 0 N–H and O–H groups in total. The average molecular weight is 242 g/mol. The van der Waals surface area contributed by atoms with E-state index in [1.165, 1.54) is 0 Å². The van der Waals surface area contributed by atoms with Crippen LogP contribution in [-0.4, -0.2) is 34.8 Å². The number of halogens is 1. The van der Waals surface area contributed by atoms with Gasteiger partial charge in [0.2, 0.25) is 0 Å². The van der Waals surface area contributed by atoms with Gasteiger partial charge in [0.15, 0.2) is 0 Å². The van der Waals surface area contributed by atoms with Gasteiger partial charge >= 0.3 is 0 Å². The molecule has 0 atom stereocenters. The van der Waals surface area contributed by atoms with E-state index in [1.54, 1.807) is 0 Å². The van der Waals surface area contributed by atoms with Crippen LogP contribution >= 0.6 is 15.9 Å². The van der Waals surface area contributed by atoms with Gasteiger partial charge in [0.05, 0.1) is 12.2 Å². The second kappa shape index (κ2) is 3.27. The van der Waals surface area contributed by atoms with Crippen molar-refractivity contribution in [1.29, 1.82) is 0 Å².